The van der Waals surface area contributed by atoms with E-state index in [1.165, 1.54) is 125 Å². The van der Waals surface area contributed by atoms with Gasteiger partial charge in [0.1, 0.15) is 0 Å². The van der Waals surface area contributed by atoms with Crippen LogP contribution in [-0.4, -0.2) is 0 Å². The molecule has 0 bridgehead atoms. The van der Waals surface area contributed by atoms with Crippen molar-refractivity contribution >= 4 is 75.4 Å². The lowest BCUT2D eigenvalue weighted by Crippen LogP contribution is -2.10. The van der Waals surface area contributed by atoms with Crippen molar-refractivity contribution in [1.29, 1.82) is 0 Å². The third-order valence-electron chi connectivity index (χ3n) is 12.9. The van der Waals surface area contributed by atoms with Crippen molar-refractivity contribution in [3.05, 3.63) is 194 Å². The van der Waals surface area contributed by atoms with Gasteiger partial charge in [-0.2, -0.15) is 0 Å². The molecule has 0 fully saturated rings. The van der Waals surface area contributed by atoms with E-state index in [0.29, 0.717) is 0 Å². The molecule has 0 amide bonds. The first-order valence-electron chi connectivity index (χ1n) is 20.5. The third kappa shape index (κ3) is 4.69. The maximum Gasteiger partial charge on any atom is -0.000719 e. The van der Waals surface area contributed by atoms with Gasteiger partial charge in [-0.3, -0.25) is 0 Å². The molecular weight excluding hydrogens is 697 g/mol. The van der Waals surface area contributed by atoms with Crippen molar-refractivity contribution in [3.8, 4) is 44.5 Å². The molecule has 12 aromatic carbocycles. The van der Waals surface area contributed by atoms with Gasteiger partial charge in [-0.05, 0) is 155 Å². The van der Waals surface area contributed by atoms with E-state index < -0.39 is 0 Å². The summed E-state index contributed by atoms with van der Waals surface area (Å²) in [5.74, 6) is 0. The van der Waals surface area contributed by atoms with Crippen molar-refractivity contribution in [3.63, 3.8) is 0 Å². The Hall–Kier alpha value is -7.02. The second-order valence-electron chi connectivity index (χ2n) is 17.2. The molecule has 0 heteroatoms. The number of fused-ring (bicyclic) bond motifs is 8. The summed E-state index contributed by atoms with van der Waals surface area (Å²) in [4.78, 5) is 0. The molecule has 0 N–H and O–H groups in total. The van der Waals surface area contributed by atoms with E-state index in [0.717, 1.165) is 0 Å². The average Bonchev–Trinajstić information content (AvgIpc) is 3.77. The molecule has 0 radical (unpaired) electrons. The molecule has 0 spiro atoms. The molecule has 0 nitrogen and oxygen atoms in total. The van der Waals surface area contributed by atoms with Crippen LogP contribution in [0, 0.1) is 0 Å². The van der Waals surface area contributed by atoms with E-state index >= 15 is 0 Å². The van der Waals surface area contributed by atoms with E-state index in [1.807, 2.05) is 0 Å². The smallest absolute Gasteiger partial charge is 0.000719 e. The van der Waals surface area contributed by atoms with Gasteiger partial charge in [0.2, 0.25) is 0 Å². The van der Waals surface area contributed by atoms with Crippen molar-refractivity contribution in [2.24, 2.45) is 0 Å². The molecule has 272 valence electrons. The van der Waals surface area contributed by atoms with Gasteiger partial charge in [-0.25, -0.2) is 0 Å². The average molecular weight is 737 g/mol. The molecule has 0 saturated heterocycles. The molecule has 12 rings (SSSR count). The summed E-state index contributed by atoms with van der Waals surface area (Å²) in [6.45, 7) is 6.95. The molecule has 0 saturated carbocycles. The number of hydrogen-bond acceptors (Lipinski definition) is 0. The Balaban J connectivity index is 1.33. The van der Waals surface area contributed by atoms with Crippen LogP contribution < -0.4 is 0 Å². The van der Waals surface area contributed by atoms with Crippen LogP contribution in [-0.2, 0) is 5.41 Å². The van der Waals surface area contributed by atoms with Crippen LogP contribution in [0.25, 0.3) is 120 Å². The zero-order valence-corrected chi connectivity index (χ0v) is 32.9. The van der Waals surface area contributed by atoms with Gasteiger partial charge in [0, 0.05) is 0 Å². The fraction of sp³-hybridized carbons (Fsp3) is 0.0690. The lowest BCUT2D eigenvalue weighted by Gasteiger charge is -2.19. The fourth-order valence-corrected chi connectivity index (χ4v) is 10.3. The normalized spacial score (nSPS) is 12.4. The SMILES string of the molecule is CC(C)(C)c1ccc2c(c1)c1cccc3c4c(-c5ccccc5)c5c6cccc7cc(-c8ccccc8-c8ccccc8)cc(c5c(-c5ccccc5)c4cc2c13)c76. The minimum Gasteiger partial charge on any atom is -0.0622 e. The van der Waals surface area contributed by atoms with Crippen molar-refractivity contribution in [1.82, 2.24) is 0 Å². The van der Waals surface area contributed by atoms with E-state index in [4.69, 9.17) is 0 Å². The summed E-state index contributed by atoms with van der Waals surface area (Å²) in [7, 11) is 0. The van der Waals surface area contributed by atoms with Crippen molar-refractivity contribution in [2.45, 2.75) is 26.2 Å². The lowest BCUT2D eigenvalue weighted by molar-refractivity contribution is 0.591. The number of rotatable bonds is 4. The molecule has 0 unspecified atom stereocenters. The molecule has 0 aliphatic carbocycles. The van der Waals surface area contributed by atoms with E-state index in [9.17, 15) is 0 Å². The van der Waals surface area contributed by atoms with Crippen LogP contribution in [0.2, 0.25) is 0 Å². The number of hydrogen-bond donors (Lipinski definition) is 0. The largest absolute Gasteiger partial charge is 0.0622 e. The van der Waals surface area contributed by atoms with Gasteiger partial charge in [0.25, 0.3) is 0 Å². The van der Waals surface area contributed by atoms with Crippen molar-refractivity contribution < 1.29 is 0 Å². The summed E-state index contributed by atoms with van der Waals surface area (Å²) in [5.41, 5.74) is 11.5. The van der Waals surface area contributed by atoms with Gasteiger partial charge in [0.05, 0.1) is 0 Å². The van der Waals surface area contributed by atoms with E-state index in [2.05, 4.69) is 209 Å². The molecule has 0 heterocycles. The summed E-state index contributed by atoms with van der Waals surface area (Å²) in [6, 6.07) is 70.7. The van der Waals surface area contributed by atoms with E-state index in [1.54, 1.807) is 0 Å². The van der Waals surface area contributed by atoms with Gasteiger partial charge in [-0.15, -0.1) is 0 Å². The molecule has 0 aliphatic heterocycles. The van der Waals surface area contributed by atoms with Gasteiger partial charge >= 0.3 is 0 Å². The second-order valence-corrected chi connectivity index (χ2v) is 17.2. The molecule has 12 aromatic rings. The molecule has 0 aliphatic rings. The fourth-order valence-electron chi connectivity index (χ4n) is 10.3. The van der Waals surface area contributed by atoms with Crippen LogP contribution in [0.15, 0.2) is 188 Å². The summed E-state index contributed by atoms with van der Waals surface area (Å²) >= 11 is 0. The van der Waals surface area contributed by atoms with Gasteiger partial charge in [-0.1, -0.05) is 185 Å². The molecular formula is C58H40. The maximum absolute atomic E-state index is 2.55. The highest BCUT2D eigenvalue weighted by atomic mass is 14.3. The first-order valence-corrected chi connectivity index (χ1v) is 20.5. The number of benzene rings is 10. The second kappa shape index (κ2) is 12.2. The highest BCUT2D eigenvalue weighted by Crippen LogP contribution is 2.55. The minimum absolute atomic E-state index is 0.0546. The summed E-state index contributed by atoms with van der Waals surface area (Å²) < 4.78 is 0. The Bertz CT molecular complexity index is 3550. The maximum atomic E-state index is 2.55. The van der Waals surface area contributed by atoms with Gasteiger partial charge < -0.3 is 0 Å². The standard InChI is InChI=1S/C58H40/c1-58(2,3)40-29-30-43-47(33-40)44-26-16-28-46-54(44)48(43)34-50-52(36-19-9-5-10-20-36)57-49-32-39(42-25-14-13-24-41(42)35-17-7-4-8-18-35)31-38-23-15-27-45(51(38)49)56(57)53(55(46)50)37-21-11-6-12-22-37/h4-34H,1-3H3. The third-order valence-corrected chi connectivity index (χ3v) is 12.9. The minimum atomic E-state index is 0.0546. The predicted octanol–water partition coefficient (Wildman–Crippen LogP) is 16.6. The van der Waals surface area contributed by atoms with Crippen LogP contribution in [0.5, 0.6) is 0 Å². The zero-order valence-electron chi connectivity index (χ0n) is 32.9. The van der Waals surface area contributed by atoms with Gasteiger partial charge in [0.15, 0.2) is 0 Å². The topological polar surface area (TPSA) is 0 Å². The summed E-state index contributed by atoms with van der Waals surface area (Å²) in [5, 5.41) is 18.5. The monoisotopic (exact) mass is 736 g/mol. The molecule has 0 aromatic heterocycles. The van der Waals surface area contributed by atoms with Crippen LogP contribution in [0.1, 0.15) is 26.3 Å². The molecule has 58 heavy (non-hydrogen) atoms. The Morgan fingerprint density at radius 1 is 0.276 bits per heavy atom. The first-order chi connectivity index (χ1) is 28.4. The Morgan fingerprint density at radius 3 is 1.53 bits per heavy atom. The lowest BCUT2D eigenvalue weighted by atomic mass is 9.83. The summed E-state index contributed by atoms with van der Waals surface area (Å²) in [6.07, 6.45) is 0. The highest BCUT2D eigenvalue weighted by molar-refractivity contribution is 6.45. The molecule has 0 atom stereocenters. The Labute approximate surface area is 338 Å². The van der Waals surface area contributed by atoms with E-state index in [-0.39, 0.29) is 5.41 Å². The highest BCUT2D eigenvalue weighted by Gasteiger charge is 2.27. The van der Waals surface area contributed by atoms with Crippen molar-refractivity contribution in [2.75, 3.05) is 0 Å². The Kier molecular flexibility index (Phi) is 7.00. The first kappa shape index (κ1) is 33.2. The predicted molar refractivity (Wildman–Crippen MR) is 252 cm³/mol. The Morgan fingerprint density at radius 2 is 0.845 bits per heavy atom. The quantitative estimate of drug-likeness (QED) is 0.158. The van der Waals surface area contributed by atoms with Crippen LogP contribution >= 0.6 is 0 Å². The van der Waals surface area contributed by atoms with Crippen LogP contribution in [0.4, 0.5) is 0 Å². The van der Waals surface area contributed by atoms with Crippen LogP contribution in [0.3, 0.4) is 0 Å². The zero-order chi connectivity index (χ0) is 38.7.